The third-order valence-corrected chi connectivity index (χ3v) is 4.16. The van der Waals surface area contributed by atoms with Crippen molar-refractivity contribution in [3.8, 4) is 5.75 Å². The lowest BCUT2D eigenvalue weighted by Gasteiger charge is -2.28. The van der Waals surface area contributed by atoms with Crippen LogP contribution in [0.4, 0.5) is 4.39 Å². The molecule has 1 fully saturated rings. The van der Waals surface area contributed by atoms with Crippen LogP contribution in [0.15, 0.2) is 6.07 Å². The number of ether oxygens (including phenoxy) is 1. The number of methoxy groups -OCH3 is 1. The minimum absolute atomic E-state index is 0.212. The molecule has 1 aliphatic rings. The largest absolute Gasteiger partial charge is 0.496 e. The molecule has 0 spiro atoms. The quantitative estimate of drug-likeness (QED) is 0.893. The summed E-state index contributed by atoms with van der Waals surface area (Å²) in [7, 11) is 1.60. The van der Waals surface area contributed by atoms with Crippen molar-refractivity contribution in [1.29, 1.82) is 0 Å². The van der Waals surface area contributed by atoms with Crippen LogP contribution >= 0.6 is 0 Å². The van der Waals surface area contributed by atoms with Gasteiger partial charge >= 0.3 is 0 Å². The molecular weight excluding hydrogens is 229 g/mol. The molecule has 0 heterocycles. The normalized spacial score (nSPS) is 18.1. The summed E-state index contributed by atoms with van der Waals surface area (Å²) in [5.41, 5.74) is 8.71. The van der Waals surface area contributed by atoms with Gasteiger partial charge in [0.15, 0.2) is 0 Å². The van der Waals surface area contributed by atoms with Crippen LogP contribution in [-0.2, 0) is 12.0 Å². The van der Waals surface area contributed by atoms with Gasteiger partial charge in [0, 0.05) is 11.1 Å². The summed E-state index contributed by atoms with van der Waals surface area (Å²) >= 11 is 0. The number of hydrogen-bond acceptors (Lipinski definition) is 2. The molecule has 1 aliphatic carbocycles. The lowest BCUT2D eigenvalue weighted by molar-refractivity contribution is 0.392. The second-order valence-corrected chi connectivity index (χ2v) is 5.26. The van der Waals surface area contributed by atoms with E-state index in [9.17, 15) is 4.39 Å². The zero-order chi connectivity index (χ0) is 13.3. The van der Waals surface area contributed by atoms with Gasteiger partial charge < -0.3 is 10.5 Å². The fourth-order valence-electron chi connectivity index (χ4n) is 3.13. The van der Waals surface area contributed by atoms with Crippen LogP contribution in [-0.4, -0.2) is 7.11 Å². The highest BCUT2D eigenvalue weighted by Crippen LogP contribution is 2.42. The number of benzene rings is 1. The average molecular weight is 251 g/mol. The van der Waals surface area contributed by atoms with Crippen molar-refractivity contribution in [3.05, 3.63) is 28.6 Å². The highest BCUT2D eigenvalue weighted by Gasteiger charge is 2.34. The third kappa shape index (κ3) is 2.01. The molecule has 0 radical (unpaired) electrons. The molecule has 1 aromatic carbocycles. The molecule has 100 valence electrons. The molecule has 1 saturated carbocycles. The first-order valence-electron chi connectivity index (χ1n) is 6.69. The van der Waals surface area contributed by atoms with Gasteiger partial charge in [-0.15, -0.1) is 0 Å². The molecule has 0 aromatic heterocycles. The molecule has 3 heteroatoms. The molecule has 0 unspecified atom stereocenters. The van der Waals surface area contributed by atoms with Crippen molar-refractivity contribution < 1.29 is 9.13 Å². The van der Waals surface area contributed by atoms with E-state index in [-0.39, 0.29) is 11.4 Å². The van der Waals surface area contributed by atoms with E-state index in [0.717, 1.165) is 43.2 Å². The van der Waals surface area contributed by atoms with Crippen molar-refractivity contribution in [2.75, 3.05) is 7.11 Å². The Hall–Kier alpha value is -1.09. The number of nitrogens with two attached hydrogens (primary N) is 1. The molecule has 0 saturated heterocycles. The van der Waals surface area contributed by atoms with Gasteiger partial charge in [0.1, 0.15) is 11.6 Å². The second-order valence-electron chi connectivity index (χ2n) is 5.26. The van der Waals surface area contributed by atoms with E-state index in [0.29, 0.717) is 11.3 Å². The van der Waals surface area contributed by atoms with E-state index in [1.807, 2.05) is 0 Å². The van der Waals surface area contributed by atoms with Crippen molar-refractivity contribution in [3.63, 3.8) is 0 Å². The van der Waals surface area contributed by atoms with Gasteiger partial charge in [0.2, 0.25) is 0 Å². The van der Waals surface area contributed by atoms with E-state index in [2.05, 4.69) is 6.92 Å². The van der Waals surface area contributed by atoms with Crippen LogP contribution in [0.5, 0.6) is 5.75 Å². The smallest absolute Gasteiger partial charge is 0.130 e. The zero-order valence-corrected chi connectivity index (χ0v) is 11.5. The molecule has 2 rings (SSSR count). The monoisotopic (exact) mass is 251 g/mol. The van der Waals surface area contributed by atoms with E-state index < -0.39 is 0 Å². The van der Waals surface area contributed by atoms with Crippen molar-refractivity contribution >= 4 is 0 Å². The summed E-state index contributed by atoms with van der Waals surface area (Å²) < 4.78 is 19.4. The Kier molecular flexibility index (Phi) is 3.62. The zero-order valence-electron chi connectivity index (χ0n) is 11.5. The van der Waals surface area contributed by atoms with Crippen LogP contribution in [0.1, 0.15) is 49.3 Å². The van der Waals surface area contributed by atoms with E-state index in [1.54, 1.807) is 20.1 Å². The van der Waals surface area contributed by atoms with Gasteiger partial charge in [-0.05, 0) is 43.4 Å². The van der Waals surface area contributed by atoms with E-state index in [1.165, 1.54) is 0 Å². The van der Waals surface area contributed by atoms with Crippen LogP contribution in [0.3, 0.4) is 0 Å². The second kappa shape index (κ2) is 4.88. The Balaban J connectivity index is 2.63. The highest BCUT2D eigenvalue weighted by atomic mass is 19.1. The van der Waals surface area contributed by atoms with Crippen LogP contribution in [0.2, 0.25) is 0 Å². The van der Waals surface area contributed by atoms with Crippen LogP contribution in [0.25, 0.3) is 0 Å². The van der Waals surface area contributed by atoms with Crippen molar-refractivity contribution in [2.24, 2.45) is 5.73 Å². The summed E-state index contributed by atoms with van der Waals surface area (Å²) in [6, 6.07) is 1.63. The maximum atomic E-state index is 14.0. The summed E-state index contributed by atoms with van der Waals surface area (Å²) in [4.78, 5) is 0. The predicted molar refractivity (Wildman–Crippen MR) is 71.4 cm³/mol. The van der Waals surface area contributed by atoms with Gasteiger partial charge in [-0.3, -0.25) is 0 Å². The topological polar surface area (TPSA) is 35.2 Å². The van der Waals surface area contributed by atoms with Crippen molar-refractivity contribution in [1.82, 2.24) is 0 Å². The summed E-state index contributed by atoms with van der Waals surface area (Å²) in [5, 5.41) is 0. The maximum absolute atomic E-state index is 14.0. The fraction of sp³-hybridized carbons (Fsp3) is 0.600. The minimum atomic E-state index is -0.368. The standard InChI is InChI=1S/C15H22FNO/c1-4-11-12(15(17)7-5-6-8-15)9-13(16)10(2)14(11)18-3/h9H,4-8,17H2,1-3H3. The van der Waals surface area contributed by atoms with Crippen LogP contribution < -0.4 is 10.5 Å². The van der Waals surface area contributed by atoms with Gasteiger partial charge in [-0.1, -0.05) is 19.8 Å². The highest BCUT2D eigenvalue weighted by molar-refractivity contribution is 5.49. The molecule has 0 bridgehead atoms. The van der Waals surface area contributed by atoms with Crippen LogP contribution in [0, 0.1) is 12.7 Å². The summed E-state index contributed by atoms with van der Waals surface area (Å²) in [6.45, 7) is 3.83. The average Bonchev–Trinajstić information content (AvgIpc) is 2.80. The van der Waals surface area contributed by atoms with E-state index in [4.69, 9.17) is 10.5 Å². The third-order valence-electron chi connectivity index (χ3n) is 4.16. The lowest BCUT2D eigenvalue weighted by atomic mass is 9.83. The Morgan fingerprint density at radius 1 is 1.39 bits per heavy atom. The molecule has 2 nitrogen and oxygen atoms in total. The maximum Gasteiger partial charge on any atom is 0.130 e. The molecule has 18 heavy (non-hydrogen) atoms. The Labute approximate surface area is 108 Å². The predicted octanol–water partition coefficient (Wildman–Crippen LogP) is 3.43. The van der Waals surface area contributed by atoms with E-state index >= 15 is 0 Å². The summed E-state index contributed by atoms with van der Waals surface area (Å²) in [6.07, 6.45) is 4.94. The Bertz CT molecular complexity index is 450. The number of halogens is 1. The first kappa shape index (κ1) is 13.3. The number of rotatable bonds is 3. The molecule has 0 aliphatic heterocycles. The summed E-state index contributed by atoms with van der Waals surface area (Å²) in [5.74, 6) is 0.458. The minimum Gasteiger partial charge on any atom is -0.496 e. The van der Waals surface area contributed by atoms with Crippen molar-refractivity contribution in [2.45, 2.75) is 51.5 Å². The van der Waals surface area contributed by atoms with Gasteiger partial charge in [0.25, 0.3) is 0 Å². The van der Waals surface area contributed by atoms with Gasteiger partial charge in [0.05, 0.1) is 7.11 Å². The Morgan fingerprint density at radius 2 is 2.00 bits per heavy atom. The molecule has 0 amide bonds. The lowest BCUT2D eigenvalue weighted by Crippen LogP contribution is -2.34. The molecule has 1 aromatic rings. The first-order valence-corrected chi connectivity index (χ1v) is 6.69. The molecule has 2 N–H and O–H groups in total. The Morgan fingerprint density at radius 3 is 2.50 bits per heavy atom. The molecule has 0 atom stereocenters. The SMILES string of the molecule is CCc1c(C2(N)CCCC2)cc(F)c(C)c1OC. The first-order chi connectivity index (χ1) is 8.53. The van der Waals surface area contributed by atoms with Gasteiger partial charge in [-0.25, -0.2) is 4.39 Å². The molecular formula is C15H22FNO. The number of hydrogen-bond donors (Lipinski definition) is 1. The fourth-order valence-corrected chi connectivity index (χ4v) is 3.13. The van der Waals surface area contributed by atoms with Gasteiger partial charge in [-0.2, -0.15) is 0 Å².